The van der Waals surface area contributed by atoms with Crippen LogP contribution in [-0.4, -0.2) is 39.8 Å². The van der Waals surface area contributed by atoms with E-state index < -0.39 is 35.8 Å². The lowest BCUT2D eigenvalue weighted by Gasteiger charge is -2.35. The van der Waals surface area contributed by atoms with Crippen LogP contribution in [0.3, 0.4) is 0 Å². The topological polar surface area (TPSA) is 103 Å². The molecule has 0 bridgehead atoms. The third kappa shape index (κ3) is 4.78. The molecule has 3 atom stereocenters. The summed E-state index contributed by atoms with van der Waals surface area (Å²) < 4.78 is 5.51. The van der Waals surface area contributed by atoms with Gasteiger partial charge < -0.3 is 20.1 Å². The fourth-order valence-corrected chi connectivity index (χ4v) is 4.32. The molecule has 0 saturated carbocycles. The monoisotopic (exact) mass is 435 g/mol. The molecule has 0 aliphatic carbocycles. The van der Waals surface area contributed by atoms with Crippen LogP contribution in [0, 0.1) is 0 Å². The first-order chi connectivity index (χ1) is 15.2. The van der Waals surface area contributed by atoms with Crippen molar-refractivity contribution < 1.29 is 19.4 Å². The molecule has 1 aromatic heterocycles. The van der Waals surface area contributed by atoms with Crippen molar-refractivity contribution in [1.82, 2.24) is 15.6 Å². The molecular weight excluding hydrogens is 406 g/mol. The predicted molar refractivity (Wildman–Crippen MR) is 123 cm³/mol. The highest BCUT2D eigenvalue weighted by Crippen LogP contribution is 2.34. The third-order valence-corrected chi connectivity index (χ3v) is 5.65. The van der Waals surface area contributed by atoms with Gasteiger partial charge >= 0.3 is 12.1 Å². The maximum atomic E-state index is 12.7. The Hall–Kier alpha value is -3.32. The van der Waals surface area contributed by atoms with Crippen molar-refractivity contribution in [2.75, 3.05) is 0 Å². The summed E-state index contributed by atoms with van der Waals surface area (Å²) in [7, 11) is 0. The minimum absolute atomic E-state index is 0.371. The maximum absolute atomic E-state index is 12.7. The number of carboxylic acids is 1. The van der Waals surface area contributed by atoms with Gasteiger partial charge in [0.05, 0.1) is 12.1 Å². The fraction of sp³-hybridized carbons (Fsp3) is 0.360. The minimum Gasteiger partial charge on any atom is -0.480 e. The summed E-state index contributed by atoms with van der Waals surface area (Å²) in [5, 5.41) is 17.1. The molecule has 0 spiro atoms. The van der Waals surface area contributed by atoms with Gasteiger partial charge in [-0.1, -0.05) is 48.5 Å². The van der Waals surface area contributed by atoms with Crippen LogP contribution in [-0.2, 0) is 22.4 Å². The number of amides is 1. The lowest BCUT2D eigenvalue weighted by atomic mass is 9.88. The van der Waals surface area contributed by atoms with E-state index in [1.165, 1.54) is 0 Å². The van der Waals surface area contributed by atoms with Gasteiger partial charge in [-0.2, -0.15) is 0 Å². The number of fused-ring (bicyclic) bond motifs is 3. The second-order valence-corrected chi connectivity index (χ2v) is 9.24. The molecule has 7 nitrogen and oxygen atoms in total. The summed E-state index contributed by atoms with van der Waals surface area (Å²) in [6.45, 7) is 5.44. The Morgan fingerprint density at radius 1 is 1.12 bits per heavy atom. The number of aromatic nitrogens is 1. The van der Waals surface area contributed by atoms with E-state index in [1.54, 1.807) is 0 Å². The molecule has 2 heterocycles. The number of rotatable bonds is 5. The van der Waals surface area contributed by atoms with Gasteiger partial charge in [0.15, 0.2) is 0 Å². The Morgan fingerprint density at radius 3 is 2.50 bits per heavy atom. The average molecular weight is 436 g/mol. The summed E-state index contributed by atoms with van der Waals surface area (Å²) in [5.74, 6) is -0.915. The molecule has 168 valence electrons. The number of hydrogen-bond donors (Lipinski definition) is 4. The number of nitrogens with one attached hydrogen (secondary N) is 3. The highest BCUT2D eigenvalue weighted by Gasteiger charge is 2.38. The SMILES string of the molecule is CC(C)(C)OC(=O)NC(Cc1ccccc1)C1NC(C(=O)O)Cc2c1[nH]c1ccccc21. The van der Waals surface area contributed by atoms with Crippen molar-refractivity contribution in [2.45, 2.75) is 57.3 Å². The van der Waals surface area contributed by atoms with Gasteiger partial charge in [0.2, 0.25) is 0 Å². The smallest absolute Gasteiger partial charge is 0.407 e. The van der Waals surface area contributed by atoms with E-state index in [0.29, 0.717) is 12.8 Å². The maximum Gasteiger partial charge on any atom is 0.407 e. The van der Waals surface area contributed by atoms with Crippen LogP contribution in [0.15, 0.2) is 54.6 Å². The Bertz CT molecular complexity index is 1120. The van der Waals surface area contributed by atoms with E-state index in [9.17, 15) is 14.7 Å². The van der Waals surface area contributed by atoms with Gasteiger partial charge in [-0.15, -0.1) is 0 Å². The zero-order chi connectivity index (χ0) is 22.9. The molecule has 1 aliphatic heterocycles. The number of hydrogen-bond acceptors (Lipinski definition) is 4. The number of aromatic amines is 1. The first-order valence-corrected chi connectivity index (χ1v) is 10.8. The van der Waals surface area contributed by atoms with Gasteiger partial charge in [-0.25, -0.2) is 4.79 Å². The zero-order valence-corrected chi connectivity index (χ0v) is 18.5. The Kier molecular flexibility index (Phi) is 5.93. The highest BCUT2D eigenvalue weighted by atomic mass is 16.6. The molecule has 4 rings (SSSR count). The van der Waals surface area contributed by atoms with Crippen molar-refractivity contribution in [3.8, 4) is 0 Å². The van der Waals surface area contributed by atoms with Gasteiger partial charge in [0, 0.05) is 23.0 Å². The average Bonchev–Trinajstić information content (AvgIpc) is 3.10. The van der Waals surface area contributed by atoms with E-state index in [-0.39, 0.29) is 0 Å². The number of aliphatic carboxylic acids is 1. The molecule has 4 N–H and O–H groups in total. The second kappa shape index (κ2) is 8.67. The van der Waals surface area contributed by atoms with Crippen LogP contribution in [0.25, 0.3) is 10.9 Å². The Morgan fingerprint density at radius 2 is 1.81 bits per heavy atom. The van der Waals surface area contributed by atoms with Crippen molar-refractivity contribution >= 4 is 23.0 Å². The normalized spacial score (nSPS) is 19.2. The van der Waals surface area contributed by atoms with Gasteiger partial charge in [0.1, 0.15) is 11.6 Å². The summed E-state index contributed by atoms with van der Waals surface area (Å²) in [6.07, 6.45) is 0.351. The quantitative estimate of drug-likeness (QED) is 0.486. The van der Waals surface area contributed by atoms with Crippen LogP contribution in [0.2, 0.25) is 0 Å². The standard InChI is InChI=1S/C25H29N3O4/c1-25(2,3)32-24(31)28-19(13-15-9-5-4-6-10-15)22-21-17(14-20(27-22)23(29)30)16-11-7-8-12-18(16)26-21/h4-12,19-20,22,26-27H,13-14H2,1-3H3,(H,28,31)(H,29,30). The molecule has 1 aliphatic rings. The molecule has 1 amide bonds. The Balaban J connectivity index is 1.74. The lowest BCUT2D eigenvalue weighted by Crippen LogP contribution is -2.54. The van der Waals surface area contributed by atoms with Crippen LogP contribution in [0.5, 0.6) is 0 Å². The lowest BCUT2D eigenvalue weighted by molar-refractivity contribution is -0.139. The molecule has 0 radical (unpaired) electrons. The number of carboxylic acid groups (broad SMARTS) is 1. The van der Waals surface area contributed by atoms with Crippen molar-refractivity contribution in [2.24, 2.45) is 0 Å². The fourth-order valence-electron chi connectivity index (χ4n) is 4.32. The van der Waals surface area contributed by atoms with Gasteiger partial charge in [-0.05, 0) is 44.4 Å². The third-order valence-electron chi connectivity index (χ3n) is 5.65. The van der Waals surface area contributed by atoms with E-state index >= 15 is 0 Å². The molecule has 3 unspecified atom stereocenters. The molecule has 7 heteroatoms. The molecule has 32 heavy (non-hydrogen) atoms. The van der Waals surface area contributed by atoms with E-state index in [0.717, 1.165) is 27.7 Å². The molecular formula is C25H29N3O4. The number of para-hydroxylation sites is 1. The van der Waals surface area contributed by atoms with E-state index in [1.807, 2.05) is 75.4 Å². The summed E-state index contributed by atoms with van der Waals surface area (Å²) >= 11 is 0. The summed E-state index contributed by atoms with van der Waals surface area (Å²) in [4.78, 5) is 28.2. The first-order valence-electron chi connectivity index (χ1n) is 10.8. The number of carbonyl (C=O) groups is 2. The number of benzene rings is 2. The van der Waals surface area contributed by atoms with Crippen molar-refractivity contribution in [3.63, 3.8) is 0 Å². The van der Waals surface area contributed by atoms with Gasteiger partial charge in [-0.3, -0.25) is 10.1 Å². The number of H-pyrrole nitrogens is 1. The highest BCUT2D eigenvalue weighted by molar-refractivity contribution is 5.87. The van der Waals surface area contributed by atoms with Crippen LogP contribution in [0.1, 0.15) is 43.6 Å². The van der Waals surface area contributed by atoms with Gasteiger partial charge in [0.25, 0.3) is 0 Å². The first kappa shape index (κ1) is 21.9. The summed E-state index contributed by atoms with van der Waals surface area (Å²) in [6, 6.07) is 16.1. The minimum atomic E-state index is -0.915. The van der Waals surface area contributed by atoms with E-state index in [2.05, 4.69) is 15.6 Å². The Labute approximate surface area is 187 Å². The second-order valence-electron chi connectivity index (χ2n) is 9.24. The molecule has 2 aromatic carbocycles. The number of alkyl carbamates (subject to hydrolysis) is 1. The van der Waals surface area contributed by atoms with E-state index in [4.69, 9.17) is 4.74 Å². The molecule has 0 fully saturated rings. The van der Waals surface area contributed by atoms with Crippen molar-refractivity contribution in [3.05, 3.63) is 71.4 Å². The zero-order valence-electron chi connectivity index (χ0n) is 18.5. The van der Waals surface area contributed by atoms with Crippen LogP contribution < -0.4 is 10.6 Å². The van der Waals surface area contributed by atoms with Crippen molar-refractivity contribution in [1.29, 1.82) is 0 Å². The van der Waals surface area contributed by atoms with Crippen LogP contribution in [0.4, 0.5) is 4.79 Å². The number of ether oxygens (including phenoxy) is 1. The van der Waals surface area contributed by atoms with Crippen LogP contribution >= 0.6 is 0 Å². The summed E-state index contributed by atoms with van der Waals surface area (Å²) in [5.41, 5.74) is 3.22. The number of carbonyl (C=O) groups excluding carboxylic acids is 1. The molecule has 0 saturated heterocycles. The molecule has 3 aromatic rings. The predicted octanol–water partition coefficient (Wildman–Crippen LogP) is 3.94. The largest absolute Gasteiger partial charge is 0.480 e.